The molecule has 3 nitrogen and oxygen atoms in total. The molecule has 0 aromatic rings. The van der Waals surface area contributed by atoms with Crippen molar-refractivity contribution in [3.8, 4) is 0 Å². The number of allylic oxidation sites excluding steroid dienone is 1. The molecular weight excluding hydrogens is 168 g/mol. The first-order valence-corrected chi connectivity index (χ1v) is 4.40. The molecule has 1 atom stereocenters. The third kappa shape index (κ3) is 5.21. The van der Waals surface area contributed by atoms with Gasteiger partial charge in [-0.25, -0.2) is 4.79 Å². The number of carbonyl (C=O) groups is 1. The zero-order valence-corrected chi connectivity index (χ0v) is 8.59. The predicted molar refractivity (Wildman–Crippen MR) is 49.6 cm³/mol. The minimum atomic E-state index is -0.464. The molecule has 13 heavy (non-hydrogen) atoms. The number of ether oxygens (including phenoxy) is 1. The van der Waals surface area contributed by atoms with Crippen molar-refractivity contribution in [3.63, 3.8) is 0 Å². The van der Waals surface area contributed by atoms with Gasteiger partial charge in [-0.05, 0) is 12.3 Å². The van der Waals surface area contributed by atoms with E-state index in [0.717, 1.165) is 6.42 Å². The van der Waals surface area contributed by atoms with Gasteiger partial charge in [0.05, 0.1) is 0 Å². The molecule has 0 aliphatic heterocycles. The van der Waals surface area contributed by atoms with E-state index in [0.29, 0.717) is 5.92 Å². The maximum absolute atomic E-state index is 10.6. The number of esters is 1. The largest absolute Gasteiger partial charge is 0.419 e. The lowest BCUT2D eigenvalue weighted by Gasteiger charge is -2.13. The molecule has 1 unspecified atom stereocenters. The van der Waals surface area contributed by atoms with Crippen molar-refractivity contribution in [2.24, 2.45) is 11.8 Å². The van der Waals surface area contributed by atoms with Crippen molar-refractivity contribution in [3.05, 3.63) is 5.76 Å². The highest BCUT2D eigenvalue weighted by molar-refractivity contribution is 5.69. The SMILES string of the molecule is CC(=O)OC(=C=O)C(C)CC(C)C. The van der Waals surface area contributed by atoms with E-state index in [1.165, 1.54) is 6.92 Å². The molecule has 0 N–H and O–H groups in total. The van der Waals surface area contributed by atoms with E-state index in [2.05, 4.69) is 0 Å². The van der Waals surface area contributed by atoms with E-state index < -0.39 is 5.97 Å². The van der Waals surface area contributed by atoms with Gasteiger partial charge >= 0.3 is 5.97 Å². The van der Waals surface area contributed by atoms with E-state index in [-0.39, 0.29) is 11.7 Å². The van der Waals surface area contributed by atoms with Crippen molar-refractivity contribution < 1.29 is 14.3 Å². The molecule has 0 fully saturated rings. The Balaban J connectivity index is 4.25. The van der Waals surface area contributed by atoms with Gasteiger partial charge in [0.2, 0.25) is 0 Å². The first-order valence-electron chi connectivity index (χ1n) is 4.40. The molecule has 0 heterocycles. The van der Waals surface area contributed by atoms with Crippen LogP contribution in [0.15, 0.2) is 5.76 Å². The van der Waals surface area contributed by atoms with Crippen LogP contribution in [-0.2, 0) is 14.3 Å². The van der Waals surface area contributed by atoms with Gasteiger partial charge < -0.3 is 4.74 Å². The predicted octanol–water partition coefficient (Wildman–Crippen LogP) is 1.95. The lowest BCUT2D eigenvalue weighted by Crippen LogP contribution is -2.10. The van der Waals surface area contributed by atoms with E-state index in [4.69, 9.17) is 4.74 Å². The molecule has 0 amide bonds. The van der Waals surface area contributed by atoms with Gasteiger partial charge in [-0.1, -0.05) is 20.8 Å². The molecule has 0 aromatic heterocycles. The summed E-state index contributed by atoms with van der Waals surface area (Å²) in [5.41, 5.74) is 0. The van der Waals surface area contributed by atoms with Gasteiger partial charge in [0, 0.05) is 12.8 Å². The summed E-state index contributed by atoms with van der Waals surface area (Å²) in [6.45, 7) is 7.22. The molecule has 0 aromatic carbocycles. The molecule has 0 radical (unpaired) electrons. The van der Waals surface area contributed by atoms with Crippen LogP contribution in [0.4, 0.5) is 0 Å². The summed E-state index contributed by atoms with van der Waals surface area (Å²) < 4.78 is 4.72. The minimum absolute atomic E-state index is 0.0404. The topological polar surface area (TPSA) is 43.4 Å². The summed E-state index contributed by atoms with van der Waals surface area (Å²) in [7, 11) is 0. The third-order valence-electron chi connectivity index (χ3n) is 1.63. The molecule has 0 aliphatic carbocycles. The summed E-state index contributed by atoms with van der Waals surface area (Å²) >= 11 is 0. The van der Waals surface area contributed by atoms with E-state index in [1.54, 1.807) is 5.94 Å². The third-order valence-corrected chi connectivity index (χ3v) is 1.63. The van der Waals surface area contributed by atoms with E-state index in [1.807, 2.05) is 20.8 Å². The molecule has 0 aliphatic rings. The Hall–Kier alpha value is -1.08. The van der Waals surface area contributed by atoms with Crippen LogP contribution in [0.25, 0.3) is 0 Å². The van der Waals surface area contributed by atoms with Crippen LogP contribution in [-0.4, -0.2) is 11.9 Å². The first-order chi connectivity index (χ1) is 5.97. The Bertz CT molecular complexity index is 224. The molecule has 3 heteroatoms. The number of carbonyl (C=O) groups excluding carboxylic acids is 2. The highest BCUT2D eigenvalue weighted by Gasteiger charge is 2.14. The Morgan fingerprint density at radius 1 is 1.38 bits per heavy atom. The zero-order chi connectivity index (χ0) is 10.4. The zero-order valence-electron chi connectivity index (χ0n) is 8.59. The van der Waals surface area contributed by atoms with Crippen LogP contribution in [0, 0.1) is 11.8 Å². The quantitative estimate of drug-likeness (QED) is 0.381. The van der Waals surface area contributed by atoms with Crippen LogP contribution in [0.5, 0.6) is 0 Å². The number of hydrogen-bond acceptors (Lipinski definition) is 3. The van der Waals surface area contributed by atoms with Crippen molar-refractivity contribution in [1.82, 2.24) is 0 Å². The standard InChI is InChI=1S/C10H16O3/c1-7(2)5-8(3)10(6-11)13-9(4)12/h7-8H,5H2,1-4H3. The average molecular weight is 184 g/mol. The summed E-state index contributed by atoms with van der Waals surface area (Å²) in [6.07, 6.45) is 0.817. The number of rotatable bonds is 4. The van der Waals surface area contributed by atoms with Crippen molar-refractivity contribution in [2.45, 2.75) is 34.1 Å². The summed E-state index contributed by atoms with van der Waals surface area (Å²) in [6, 6.07) is 0. The normalized spacial score (nSPS) is 12.1. The Morgan fingerprint density at radius 2 is 1.92 bits per heavy atom. The second kappa shape index (κ2) is 5.55. The van der Waals surface area contributed by atoms with Gasteiger partial charge in [-0.3, -0.25) is 4.79 Å². The average Bonchev–Trinajstić information content (AvgIpc) is 1.98. The van der Waals surface area contributed by atoms with Crippen LogP contribution in [0.1, 0.15) is 34.1 Å². The van der Waals surface area contributed by atoms with Gasteiger partial charge in [-0.15, -0.1) is 0 Å². The van der Waals surface area contributed by atoms with Crippen molar-refractivity contribution in [2.75, 3.05) is 0 Å². The maximum Gasteiger partial charge on any atom is 0.308 e. The monoisotopic (exact) mass is 184 g/mol. The lowest BCUT2D eigenvalue weighted by molar-refractivity contribution is -0.137. The lowest BCUT2D eigenvalue weighted by atomic mass is 9.98. The molecule has 0 spiro atoms. The summed E-state index contributed by atoms with van der Waals surface area (Å²) in [5, 5.41) is 0. The Morgan fingerprint density at radius 3 is 2.23 bits per heavy atom. The molecule has 74 valence electrons. The van der Waals surface area contributed by atoms with E-state index >= 15 is 0 Å². The van der Waals surface area contributed by atoms with Crippen molar-refractivity contribution >= 4 is 11.9 Å². The van der Waals surface area contributed by atoms with Gasteiger partial charge in [0.1, 0.15) is 0 Å². The second-order valence-corrected chi connectivity index (χ2v) is 3.59. The Kier molecular flexibility index (Phi) is 5.09. The minimum Gasteiger partial charge on any atom is -0.419 e. The fraction of sp³-hybridized carbons (Fsp3) is 0.700. The molecular formula is C10H16O3. The van der Waals surface area contributed by atoms with Crippen LogP contribution in [0.2, 0.25) is 0 Å². The smallest absolute Gasteiger partial charge is 0.308 e. The first kappa shape index (κ1) is 11.9. The number of hydrogen-bond donors (Lipinski definition) is 0. The Labute approximate surface area is 78.8 Å². The molecule has 0 saturated carbocycles. The van der Waals surface area contributed by atoms with Crippen LogP contribution in [0.3, 0.4) is 0 Å². The summed E-state index contributed by atoms with van der Waals surface area (Å²) in [5.74, 6) is 1.74. The summed E-state index contributed by atoms with van der Waals surface area (Å²) in [4.78, 5) is 21.0. The van der Waals surface area contributed by atoms with Crippen molar-refractivity contribution in [1.29, 1.82) is 0 Å². The fourth-order valence-electron chi connectivity index (χ4n) is 1.19. The highest BCUT2D eigenvalue weighted by atomic mass is 16.5. The molecule has 0 saturated heterocycles. The van der Waals surface area contributed by atoms with Gasteiger partial charge in [0.15, 0.2) is 11.7 Å². The maximum atomic E-state index is 10.6. The molecule has 0 rings (SSSR count). The van der Waals surface area contributed by atoms with Gasteiger partial charge in [-0.2, -0.15) is 0 Å². The fourth-order valence-corrected chi connectivity index (χ4v) is 1.19. The highest BCUT2D eigenvalue weighted by Crippen LogP contribution is 2.18. The molecule has 0 bridgehead atoms. The van der Waals surface area contributed by atoms with Crippen LogP contribution >= 0.6 is 0 Å². The van der Waals surface area contributed by atoms with Crippen LogP contribution < -0.4 is 0 Å². The van der Waals surface area contributed by atoms with Gasteiger partial charge in [0.25, 0.3) is 0 Å². The second-order valence-electron chi connectivity index (χ2n) is 3.59. The van der Waals surface area contributed by atoms with E-state index in [9.17, 15) is 9.59 Å².